The maximum absolute atomic E-state index is 13.5. The van der Waals surface area contributed by atoms with Gasteiger partial charge in [-0.15, -0.1) is 0 Å². The number of guanidine groups is 1. The quantitative estimate of drug-likeness (QED) is 0.622. The van der Waals surface area contributed by atoms with E-state index in [-0.39, 0.29) is 5.82 Å². The van der Waals surface area contributed by atoms with Gasteiger partial charge in [0.25, 0.3) is 0 Å². The topological polar surface area (TPSA) is 49.3 Å². The molecule has 0 saturated heterocycles. The molecule has 0 bridgehead atoms. The van der Waals surface area contributed by atoms with Crippen LogP contribution in [0, 0.1) is 11.7 Å². The number of halogens is 1. The Kier molecular flexibility index (Phi) is 6.98. The van der Waals surface area contributed by atoms with Crippen molar-refractivity contribution in [3.63, 3.8) is 0 Å². The Balaban J connectivity index is 2.42. The van der Waals surface area contributed by atoms with E-state index in [9.17, 15) is 4.39 Å². The van der Waals surface area contributed by atoms with Gasteiger partial charge < -0.3 is 10.6 Å². The molecular formula is C15H25FN4. The van der Waals surface area contributed by atoms with Crippen molar-refractivity contribution in [2.75, 3.05) is 7.05 Å². The fourth-order valence-corrected chi connectivity index (χ4v) is 1.80. The van der Waals surface area contributed by atoms with Crippen LogP contribution in [0.4, 0.5) is 4.39 Å². The minimum atomic E-state index is -0.302. The Morgan fingerprint density at radius 3 is 2.70 bits per heavy atom. The third-order valence-corrected chi connectivity index (χ3v) is 3.04. The van der Waals surface area contributed by atoms with E-state index < -0.39 is 0 Å². The zero-order valence-electron chi connectivity index (χ0n) is 12.8. The van der Waals surface area contributed by atoms with Gasteiger partial charge >= 0.3 is 0 Å². The first kappa shape index (κ1) is 16.4. The third kappa shape index (κ3) is 5.99. The van der Waals surface area contributed by atoms with E-state index in [2.05, 4.69) is 41.4 Å². The summed E-state index contributed by atoms with van der Waals surface area (Å²) in [5, 5.41) is 6.38. The van der Waals surface area contributed by atoms with E-state index in [1.54, 1.807) is 19.3 Å². The molecule has 1 unspecified atom stereocenters. The van der Waals surface area contributed by atoms with Crippen LogP contribution in [0.5, 0.6) is 0 Å². The Morgan fingerprint density at radius 2 is 2.10 bits per heavy atom. The van der Waals surface area contributed by atoms with Crippen molar-refractivity contribution < 1.29 is 4.39 Å². The number of hydrogen-bond acceptors (Lipinski definition) is 2. The molecule has 0 radical (unpaired) electrons. The zero-order valence-corrected chi connectivity index (χ0v) is 12.8. The van der Waals surface area contributed by atoms with E-state index in [0.29, 0.717) is 30.2 Å². The molecule has 1 rings (SSSR count). The molecule has 0 amide bonds. The molecule has 1 heterocycles. The normalized spacial score (nSPS) is 13.4. The molecule has 20 heavy (non-hydrogen) atoms. The molecule has 0 aliphatic rings. The molecule has 0 fully saturated rings. The highest BCUT2D eigenvalue weighted by Gasteiger charge is 2.08. The number of aliphatic imine (C=N–C) groups is 1. The second-order valence-electron chi connectivity index (χ2n) is 5.37. The van der Waals surface area contributed by atoms with Crippen LogP contribution in [0.15, 0.2) is 23.3 Å². The van der Waals surface area contributed by atoms with Gasteiger partial charge in [0.05, 0.1) is 12.2 Å². The van der Waals surface area contributed by atoms with E-state index in [4.69, 9.17) is 0 Å². The van der Waals surface area contributed by atoms with E-state index in [0.717, 1.165) is 6.42 Å². The number of hydrogen-bond donors (Lipinski definition) is 2. The molecule has 1 aromatic rings. The van der Waals surface area contributed by atoms with Gasteiger partial charge in [-0.25, -0.2) is 4.39 Å². The number of nitrogens with one attached hydrogen (secondary N) is 2. The summed E-state index contributed by atoms with van der Waals surface area (Å²) in [6.45, 7) is 6.87. The van der Waals surface area contributed by atoms with Gasteiger partial charge in [-0.2, -0.15) is 0 Å². The van der Waals surface area contributed by atoms with Crippen molar-refractivity contribution in [1.29, 1.82) is 0 Å². The number of pyridine rings is 1. The predicted molar refractivity (Wildman–Crippen MR) is 81.1 cm³/mol. The molecule has 5 heteroatoms. The summed E-state index contributed by atoms with van der Waals surface area (Å²) in [6, 6.07) is 3.32. The van der Waals surface area contributed by atoms with E-state index >= 15 is 0 Å². The Labute approximate surface area is 120 Å². The maximum Gasteiger partial charge on any atom is 0.191 e. The van der Waals surface area contributed by atoms with Crippen molar-refractivity contribution >= 4 is 5.96 Å². The lowest BCUT2D eigenvalue weighted by molar-refractivity contribution is 0.488. The maximum atomic E-state index is 13.5. The third-order valence-electron chi connectivity index (χ3n) is 3.04. The zero-order chi connectivity index (χ0) is 15.0. The molecule has 4 nitrogen and oxygen atoms in total. The molecule has 2 N–H and O–H groups in total. The van der Waals surface area contributed by atoms with Crippen LogP contribution >= 0.6 is 0 Å². The Bertz CT molecular complexity index is 432. The van der Waals surface area contributed by atoms with Crippen LogP contribution in [-0.4, -0.2) is 24.0 Å². The van der Waals surface area contributed by atoms with Gasteiger partial charge in [-0.1, -0.05) is 13.8 Å². The molecule has 0 saturated carbocycles. The fourth-order valence-electron chi connectivity index (χ4n) is 1.80. The molecule has 0 spiro atoms. The van der Waals surface area contributed by atoms with Gasteiger partial charge in [0.1, 0.15) is 5.82 Å². The highest BCUT2D eigenvalue weighted by Crippen LogP contribution is 2.06. The Hall–Kier alpha value is -1.65. The van der Waals surface area contributed by atoms with Crippen molar-refractivity contribution in [1.82, 2.24) is 15.6 Å². The van der Waals surface area contributed by atoms with Gasteiger partial charge in [-0.05, 0) is 37.8 Å². The van der Waals surface area contributed by atoms with Crippen LogP contribution in [-0.2, 0) is 6.54 Å². The van der Waals surface area contributed by atoms with E-state index in [1.165, 1.54) is 12.5 Å². The standard InChI is InChI=1S/C15H25FN4/c1-11(2)7-8-12(3)20-15(17-4)19-10-14-13(16)6-5-9-18-14/h5-6,9,11-12H,7-8,10H2,1-4H3,(H2,17,19,20). The van der Waals surface area contributed by atoms with Crippen molar-refractivity contribution in [2.24, 2.45) is 10.9 Å². The highest BCUT2D eigenvalue weighted by molar-refractivity contribution is 5.79. The lowest BCUT2D eigenvalue weighted by Crippen LogP contribution is -2.42. The summed E-state index contributed by atoms with van der Waals surface area (Å²) in [7, 11) is 1.71. The minimum absolute atomic E-state index is 0.302. The van der Waals surface area contributed by atoms with Gasteiger partial charge in [0, 0.05) is 19.3 Å². The fraction of sp³-hybridized carbons (Fsp3) is 0.600. The first-order valence-corrected chi connectivity index (χ1v) is 7.09. The SMILES string of the molecule is CN=C(NCc1ncccc1F)NC(C)CCC(C)C. The van der Waals surface area contributed by atoms with E-state index in [1.807, 2.05) is 0 Å². The van der Waals surface area contributed by atoms with Crippen molar-refractivity contribution in [2.45, 2.75) is 46.2 Å². The molecule has 0 aliphatic carbocycles. The second kappa shape index (κ2) is 8.51. The highest BCUT2D eigenvalue weighted by atomic mass is 19.1. The summed E-state index contributed by atoms with van der Waals surface area (Å²) >= 11 is 0. The monoisotopic (exact) mass is 280 g/mol. The summed E-state index contributed by atoms with van der Waals surface area (Å²) in [6.07, 6.45) is 3.83. The lowest BCUT2D eigenvalue weighted by Gasteiger charge is -2.18. The summed E-state index contributed by atoms with van der Waals surface area (Å²) in [4.78, 5) is 8.15. The molecule has 1 atom stereocenters. The summed E-state index contributed by atoms with van der Waals surface area (Å²) < 4.78 is 13.5. The van der Waals surface area contributed by atoms with Gasteiger partial charge in [-0.3, -0.25) is 9.98 Å². The average molecular weight is 280 g/mol. The smallest absolute Gasteiger partial charge is 0.191 e. The molecule has 1 aromatic heterocycles. The average Bonchev–Trinajstić information content (AvgIpc) is 2.42. The lowest BCUT2D eigenvalue weighted by atomic mass is 10.0. The van der Waals surface area contributed by atoms with Crippen molar-refractivity contribution in [3.05, 3.63) is 29.8 Å². The molecule has 0 aliphatic heterocycles. The van der Waals surface area contributed by atoms with Crippen LogP contribution in [0.3, 0.4) is 0 Å². The first-order chi connectivity index (χ1) is 9.52. The second-order valence-corrected chi connectivity index (χ2v) is 5.37. The van der Waals surface area contributed by atoms with Crippen LogP contribution in [0.2, 0.25) is 0 Å². The first-order valence-electron chi connectivity index (χ1n) is 7.09. The number of rotatable bonds is 6. The predicted octanol–water partition coefficient (Wildman–Crippen LogP) is 2.71. The van der Waals surface area contributed by atoms with Gasteiger partial charge in [0.2, 0.25) is 0 Å². The number of nitrogens with zero attached hydrogens (tertiary/aromatic N) is 2. The summed E-state index contributed by atoms with van der Waals surface area (Å²) in [5.41, 5.74) is 0.394. The molecule has 0 aromatic carbocycles. The van der Waals surface area contributed by atoms with Crippen LogP contribution < -0.4 is 10.6 Å². The van der Waals surface area contributed by atoms with Gasteiger partial charge in [0.15, 0.2) is 5.96 Å². The largest absolute Gasteiger partial charge is 0.354 e. The minimum Gasteiger partial charge on any atom is -0.354 e. The van der Waals surface area contributed by atoms with Crippen LogP contribution in [0.1, 0.15) is 39.3 Å². The van der Waals surface area contributed by atoms with Crippen molar-refractivity contribution in [3.8, 4) is 0 Å². The Morgan fingerprint density at radius 1 is 1.35 bits per heavy atom. The number of aromatic nitrogens is 1. The summed E-state index contributed by atoms with van der Waals surface area (Å²) in [5.74, 6) is 1.06. The van der Waals surface area contributed by atoms with Crippen LogP contribution in [0.25, 0.3) is 0 Å². The molecular weight excluding hydrogens is 255 g/mol. The molecule has 112 valence electrons.